The van der Waals surface area contributed by atoms with Gasteiger partial charge in [-0.1, -0.05) is 25.3 Å². The zero-order valence-corrected chi connectivity index (χ0v) is 15.2. The number of nitrogens with one attached hydrogen (secondary N) is 2. The number of benzene rings is 1. The fraction of sp³-hybridized carbons (Fsp3) is 0.467. The van der Waals surface area contributed by atoms with Crippen LogP contribution in [0, 0.1) is 0 Å². The number of rotatable bonds is 4. The quantitative estimate of drug-likeness (QED) is 0.759. The predicted molar refractivity (Wildman–Crippen MR) is 90.9 cm³/mol. The van der Waals surface area contributed by atoms with Crippen LogP contribution >= 0.6 is 31.9 Å². The van der Waals surface area contributed by atoms with Crippen LogP contribution in [0.5, 0.6) is 5.75 Å². The van der Waals surface area contributed by atoms with E-state index in [9.17, 15) is 9.59 Å². The lowest BCUT2D eigenvalue weighted by Gasteiger charge is -2.22. The van der Waals surface area contributed by atoms with E-state index in [-0.39, 0.29) is 12.6 Å². The average molecular weight is 434 g/mol. The SMILES string of the molecule is O=C(COc1c(Br)cccc1Br)NC(=O)NC1CCCCC1. The van der Waals surface area contributed by atoms with E-state index in [2.05, 4.69) is 42.5 Å². The summed E-state index contributed by atoms with van der Waals surface area (Å²) in [6.07, 6.45) is 5.41. The van der Waals surface area contributed by atoms with Crippen molar-refractivity contribution in [3.63, 3.8) is 0 Å². The molecular weight excluding hydrogens is 416 g/mol. The summed E-state index contributed by atoms with van der Waals surface area (Å²) in [6, 6.07) is 5.19. The molecule has 0 radical (unpaired) electrons. The molecule has 1 aliphatic carbocycles. The van der Waals surface area contributed by atoms with Gasteiger partial charge in [-0.25, -0.2) is 4.79 Å². The Kier molecular flexibility index (Phi) is 6.70. The minimum Gasteiger partial charge on any atom is -0.481 e. The third kappa shape index (κ3) is 5.28. The maximum Gasteiger partial charge on any atom is 0.321 e. The largest absolute Gasteiger partial charge is 0.481 e. The first kappa shape index (κ1) is 17.3. The molecule has 5 nitrogen and oxygen atoms in total. The van der Waals surface area contributed by atoms with Crippen LogP contribution in [0.15, 0.2) is 27.1 Å². The fourth-order valence-electron chi connectivity index (χ4n) is 2.39. The van der Waals surface area contributed by atoms with Gasteiger partial charge in [0.1, 0.15) is 5.75 Å². The summed E-state index contributed by atoms with van der Waals surface area (Å²) < 4.78 is 6.91. The van der Waals surface area contributed by atoms with Gasteiger partial charge in [0, 0.05) is 6.04 Å². The average Bonchev–Trinajstić information content (AvgIpc) is 2.47. The summed E-state index contributed by atoms with van der Waals surface area (Å²) in [5, 5.41) is 5.12. The first-order chi connectivity index (χ1) is 10.6. The molecule has 0 unspecified atom stereocenters. The lowest BCUT2D eigenvalue weighted by molar-refractivity contribution is -0.122. The molecule has 0 bridgehead atoms. The molecule has 0 saturated heterocycles. The second-order valence-electron chi connectivity index (χ2n) is 5.20. The number of halogens is 2. The molecule has 1 aliphatic rings. The Morgan fingerprint density at radius 3 is 2.41 bits per heavy atom. The van der Waals surface area contributed by atoms with E-state index >= 15 is 0 Å². The molecule has 1 aromatic carbocycles. The van der Waals surface area contributed by atoms with Crippen LogP contribution in [0.3, 0.4) is 0 Å². The molecule has 0 aliphatic heterocycles. The monoisotopic (exact) mass is 432 g/mol. The Labute approximate surface area is 146 Å². The molecule has 1 fully saturated rings. The second-order valence-corrected chi connectivity index (χ2v) is 6.90. The molecule has 0 aromatic heterocycles. The topological polar surface area (TPSA) is 67.4 Å². The van der Waals surface area contributed by atoms with Gasteiger partial charge in [-0.15, -0.1) is 0 Å². The molecule has 1 saturated carbocycles. The summed E-state index contributed by atoms with van der Waals surface area (Å²) >= 11 is 6.70. The van der Waals surface area contributed by atoms with Crippen LogP contribution in [0.25, 0.3) is 0 Å². The Morgan fingerprint density at radius 2 is 1.77 bits per heavy atom. The lowest BCUT2D eigenvalue weighted by atomic mass is 9.96. The van der Waals surface area contributed by atoms with Crippen LogP contribution < -0.4 is 15.4 Å². The van der Waals surface area contributed by atoms with Crippen LogP contribution in [-0.4, -0.2) is 24.6 Å². The summed E-state index contributed by atoms with van der Waals surface area (Å²) in [5.74, 6) is 0.0568. The third-order valence-electron chi connectivity index (χ3n) is 3.46. The number of carbonyl (C=O) groups is 2. The van der Waals surface area contributed by atoms with E-state index in [1.807, 2.05) is 18.2 Å². The number of hydrogen-bond acceptors (Lipinski definition) is 3. The van der Waals surface area contributed by atoms with E-state index in [1.54, 1.807) is 0 Å². The van der Waals surface area contributed by atoms with E-state index in [0.717, 1.165) is 34.6 Å². The van der Waals surface area contributed by atoms with Crippen molar-refractivity contribution in [1.82, 2.24) is 10.6 Å². The second kappa shape index (κ2) is 8.53. The van der Waals surface area contributed by atoms with Gasteiger partial charge in [0.05, 0.1) is 8.95 Å². The van der Waals surface area contributed by atoms with Crippen molar-refractivity contribution < 1.29 is 14.3 Å². The van der Waals surface area contributed by atoms with Crippen molar-refractivity contribution in [2.45, 2.75) is 38.1 Å². The molecule has 3 amide bonds. The number of urea groups is 1. The minimum absolute atomic E-state index is 0.167. The molecular formula is C15H18Br2N2O3. The molecule has 0 heterocycles. The summed E-state index contributed by atoms with van der Waals surface area (Å²) in [6.45, 7) is -0.223. The molecule has 120 valence electrons. The number of amides is 3. The predicted octanol–water partition coefficient (Wildman–Crippen LogP) is 3.75. The van der Waals surface area contributed by atoms with Gasteiger partial charge in [0.25, 0.3) is 5.91 Å². The number of carbonyl (C=O) groups excluding carboxylic acids is 2. The van der Waals surface area contributed by atoms with Gasteiger partial charge < -0.3 is 10.1 Å². The smallest absolute Gasteiger partial charge is 0.321 e. The van der Waals surface area contributed by atoms with Crippen LogP contribution in [-0.2, 0) is 4.79 Å². The van der Waals surface area contributed by atoms with E-state index in [0.29, 0.717) is 5.75 Å². The zero-order chi connectivity index (χ0) is 15.9. The standard InChI is InChI=1S/C15H18Br2N2O3/c16-11-7-4-8-12(17)14(11)22-9-13(20)19-15(21)18-10-5-2-1-3-6-10/h4,7-8,10H,1-3,5-6,9H2,(H2,18,19,20,21). The van der Waals surface area contributed by atoms with Crippen molar-refractivity contribution >= 4 is 43.8 Å². The van der Waals surface area contributed by atoms with Crippen molar-refractivity contribution in [1.29, 1.82) is 0 Å². The highest BCUT2D eigenvalue weighted by atomic mass is 79.9. The Balaban J connectivity index is 1.76. The van der Waals surface area contributed by atoms with Gasteiger partial charge in [-0.2, -0.15) is 0 Å². The number of hydrogen-bond donors (Lipinski definition) is 2. The van der Waals surface area contributed by atoms with E-state index in [1.165, 1.54) is 6.42 Å². The highest BCUT2D eigenvalue weighted by Crippen LogP contribution is 2.32. The highest BCUT2D eigenvalue weighted by molar-refractivity contribution is 9.11. The Hall–Kier alpha value is -1.08. The molecule has 2 rings (SSSR count). The van der Waals surface area contributed by atoms with Crippen molar-refractivity contribution in [3.05, 3.63) is 27.1 Å². The Bertz CT molecular complexity index is 525. The van der Waals surface area contributed by atoms with Crippen LogP contribution in [0.2, 0.25) is 0 Å². The number of para-hydroxylation sites is 1. The molecule has 0 atom stereocenters. The molecule has 7 heteroatoms. The first-order valence-corrected chi connectivity index (χ1v) is 8.82. The van der Waals surface area contributed by atoms with Crippen LogP contribution in [0.1, 0.15) is 32.1 Å². The lowest BCUT2D eigenvalue weighted by Crippen LogP contribution is -2.46. The molecule has 0 spiro atoms. The Morgan fingerprint density at radius 1 is 1.14 bits per heavy atom. The first-order valence-electron chi connectivity index (χ1n) is 7.23. The van der Waals surface area contributed by atoms with Gasteiger partial charge in [-0.3, -0.25) is 10.1 Å². The highest BCUT2D eigenvalue weighted by Gasteiger charge is 2.17. The molecule has 22 heavy (non-hydrogen) atoms. The van der Waals surface area contributed by atoms with E-state index < -0.39 is 11.9 Å². The summed E-state index contributed by atoms with van der Waals surface area (Å²) in [7, 11) is 0. The number of imide groups is 1. The van der Waals surface area contributed by atoms with Gasteiger partial charge in [0.15, 0.2) is 6.61 Å². The van der Waals surface area contributed by atoms with Gasteiger partial charge in [-0.05, 0) is 56.8 Å². The summed E-state index contributed by atoms with van der Waals surface area (Å²) in [5.41, 5.74) is 0. The van der Waals surface area contributed by atoms with Crippen molar-refractivity contribution in [2.24, 2.45) is 0 Å². The molecule has 1 aromatic rings. The van der Waals surface area contributed by atoms with Gasteiger partial charge >= 0.3 is 6.03 Å². The third-order valence-corrected chi connectivity index (χ3v) is 4.71. The van der Waals surface area contributed by atoms with Crippen LogP contribution in [0.4, 0.5) is 4.79 Å². The maximum absolute atomic E-state index is 11.8. The zero-order valence-electron chi connectivity index (χ0n) is 12.0. The van der Waals surface area contributed by atoms with Crippen molar-refractivity contribution in [3.8, 4) is 5.75 Å². The number of ether oxygens (including phenoxy) is 1. The maximum atomic E-state index is 11.8. The van der Waals surface area contributed by atoms with E-state index in [4.69, 9.17) is 4.74 Å². The van der Waals surface area contributed by atoms with Crippen molar-refractivity contribution in [2.75, 3.05) is 6.61 Å². The van der Waals surface area contributed by atoms with Gasteiger partial charge in [0.2, 0.25) is 0 Å². The minimum atomic E-state index is -0.476. The summed E-state index contributed by atoms with van der Waals surface area (Å²) in [4.78, 5) is 23.5. The normalized spacial score (nSPS) is 15.2. The fourth-order valence-corrected chi connectivity index (χ4v) is 3.62. The molecule has 2 N–H and O–H groups in total.